The molecule has 0 amide bonds. The SMILES string of the molecule is CCC(O)Oc1ccccc1.Cl. The zero-order valence-corrected chi connectivity index (χ0v) is 7.75. The second-order valence-electron chi connectivity index (χ2n) is 2.29. The first-order valence-electron chi connectivity index (χ1n) is 3.72. The van der Waals surface area contributed by atoms with E-state index in [0.29, 0.717) is 12.2 Å². The van der Waals surface area contributed by atoms with Crippen LogP contribution in [0.2, 0.25) is 0 Å². The Labute approximate surface area is 78.6 Å². The van der Waals surface area contributed by atoms with Gasteiger partial charge < -0.3 is 9.84 Å². The van der Waals surface area contributed by atoms with Gasteiger partial charge in [-0.25, -0.2) is 0 Å². The number of para-hydroxylation sites is 1. The summed E-state index contributed by atoms with van der Waals surface area (Å²) in [6, 6.07) is 9.29. The molecule has 0 aliphatic heterocycles. The summed E-state index contributed by atoms with van der Waals surface area (Å²) < 4.78 is 5.12. The van der Waals surface area contributed by atoms with Gasteiger partial charge in [-0.2, -0.15) is 0 Å². The van der Waals surface area contributed by atoms with E-state index in [2.05, 4.69) is 0 Å². The summed E-state index contributed by atoms with van der Waals surface area (Å²) in [4.78, 5) is 0. The van der Waals surface area contributed by atoms with Gasteiger partial charge >= 0.3 is 0 Å². The van der Waals surface area contributed by atoms with Crippen LogP contribution in [0, 0.1) is 0 Å². The minimum atomic E-state index is -0.683. The van der Waals surface area contributed by atoms with Crippen molar-refractivity contribution in [1.29, 1.82) is 0 Å². The molecule has 0 spiro atoms. The maximum Gasteiger partial charge on any atom is 0.197 e. The minimum absolute atomic E-state index is 0. The van der Waals surface area contributed by atoms with Crippen molar-refractivity contribution in [2.24, 2.45) is 0 Å². The summed E-state index contributed by atoms with van der Waals surface area (Å²) in [6.45, 7) is 1.87. The predicted octanol–water partition coefficient (Wildman–Crippen LogP) is 2.22. The first kappa shape index (κ1) is 11.3. The molecule has 0 radical (unpaired) electrons. The quantitative estimate of drug-likeness (QED) is 0.738. The maximum atomic E-state index is 9.09. The second-order valence-corrected chi connectivity index (χ2v) is 2.29. The summed E-state index contributed by atoms with van der Waals surface area (Å²) in [6.07, 6.45) is -0.0769. The van der Waals surface area contributed by atoms with E-state index >= 15 is 0 Å². The van der Waals surface area contributed by atoms with Gasteiger partial charge in [-0.3, -0.25) is 0 Å². The number of halogens is 1. The lowest BCUT2D eigenvalue weighted by Crippen LogP contribution is -2.13. The topological polar surface area (TPSA) is 29.5 Å². The van der Waals surface area contributed by atoms with Crippen LogP contribution in [0.1, 0.15) is 13.3 Å². The lowest BCUT2D eigenvalue weighted by atomic mass is 10.3. The molecule has 1 aromatic carbocycles. The van der Waals surface area contributed by atoms with Crippen LogP contribution in [0.4, 0.5) is 0 Å². The van der Waals surface area contributed by atoms with Crippen molar-refractivity contribution in [1.82, 2.24) is 0 Å². The van der Waals surface area contributed by atoms with Crippen molar-refractivity contribution in [3.8, 4) is 5.75 Å². The molecule has 12 heavy (non-hydrogen) atoms. The molecule has 1 atom stereocenters. The summed E-state index contributed by atoms with van der Waals surface area (Å²) in [5.74, 6) is 0.710. The Balaban J connectivity index is 0.00000121. The standard InChI is InChI=1S/C9H12O2.ClH/c1-2-9(10)11-8-6-4-3-5-7-8;/h3-7,9-10H,2H2,1H3;1H. The highest BCUT2D eigenvalue weighted by atomic mass is 35.5. The van der Waals surface area contributed by atoms with E-state index in [9.17, 15) is 0 Å². The molecule has 0 heterocycles. The van der Waals surface area contributed by atoms with E-state index < -0.39 is 6.29 Å². The van der Waals surface area contributed by atoms with E-state index in [1.54, 1.807) is 0 Å². The Morgan fingerprint density at radius 3 is 2.42 bits per heavy atom. The Hall–Kier alpha value is -0.730. The summed E-state index contributed by atoms with van der Waals surface area (Å²) in [7, 11) is 0. The zero-order chi connectivity index (χ0) is 8.10. The van der Waals surface area contributed by atoms with Crippen molar-refractivity contribution in [2.75, 3.05) is 0 Å². The smallest absolute Gasteiger partial charge is 0.197 e. The van der Waals surface area contributed by atoms with Crippen molar-refractivity contribution in [3.63, 3.8) is 0 Å². The number of aliphatic hydroxyl groups excluding tert-OH is 1. The molecule has 0 saturated carbocycles. The fraction of sp³-hybridized carbons (Fsp3) is 0.333. The molecule has 0 aromatic heterocycles. The van der Waals surface area contributed by atoms with Gasteiger partial charge in [-0.1, -0.05) is 25.1 Å². The fourth-order valence-electron chi connectivity index (χ4n) is 0.739. The lowest BCUT2D eigenvalue weighted by molar-refractivity contribution is -0.0191. The molecule has 1 aromatic rings. The monoisotopic (exact) mass is 188 g/mol. The third kappa shape index (κ3) is 3.60. The Morgan fingerprint density at radius 2 is 1.92 bits per heavy atom. The Kier molecular flexibility index (Phi) is 5.51. The molecule has 0 saturated heterocycles. The summed E-state index contributed by atoms with van der Waals surface area (Å²) in [5, 5.41) is 9.09. The van der Waals surface area contributed by atoms with Crippen molar-refractivity contribution in [3.05, 3.63) is 30.3 Å². The van der Waals surface area contributed by atoms with Gasteiger partial charge in [0.25, 0.3) is 0 Å². The molecule has 0 bridgehead atoms. The molecule has 1 N–H and O–H groups in total. The first-order valence-corrected chi connectivity index (χ1v) is 3.72. The van der Waals surface area contributed by atoms with E-state index in [1.165, 1.54) is 0 Å². The molecule has 3 heteroatoms. The van der Waals surface area contributed by atoms with Crippen molar-refractivity contribution in [2.45, 2.75) is 19.6 Å². The van der Waals surface area contributed by atoms with Crippen LogP contribution < -0.4 is 4.74 Å². The average molecular weight is 189 g/mol. The van der Waals surface area contributed by atoms with Gasteiger partial charge in [0.1, 0.15) is 5.75 Å². The highest BCUT2D eigenvalue weighted by Crippen LogP contribution is 2.10. The van der Waals surface area contributed by atoms with Gasteiger partial charge in [0.2, 0.25) is 0 Å². The van der Waals surface area contributed by atoms with E-state index in [-0.39, 0.29) is 12.4 Å². The number of aliphatic hydroxyl groups is 1. The van der Waals surface area contributed by atoms with Crippen LogP contribution in [0.5, 0.6) is 5.75 Å². The number of ether oxygens (including phenoxy) is 1. The molecular formula is C9H13ClO2. The van der Waals surface area contributed by atoms with Gasteiger partial charge in [0.15, 0.2) is 6.29 Å². The van der Waals surface area contributed by atoms with Crippen molar-refractivity contribution < 1.29 is 9.84 Å². The molecule has 1 rings (SSSR count). The number of rotatable bonds is 3. The number of hydrogen-bond acceptors (Lipinski definition) is 2. The third-order valence-electron chi connectivity index (χ3n) is 1.36. The minimum Gasteiger partial charge on any atom is -0.465 e. The average Bonchev–Trinajstić information content (AvgIpc) is 2.06. The molecule has 1 unspecified atom stereocenters. The van der Waals surface area contributed by atoms with Crippen LogP contribution in [0.15, 0.2) is 30.3 Å². The Morgan fingerprint density at radius 1 is 1.33 bits per heavy atom. The molecular weight excluding hydrogens is 176 g/mol. The summed E-state index contributed by atoms with van der Waals surface area (Å²) in [5.41, 5.74) is 0. The molecule has 2 nitrogen and oxygen atoms in total. The fourth-order valence-corrected chi connectivity index (χ4v) is 0.739. The van der Waals surface area contributed by atoms with Crippen LogP contribution >= 0.6 is 12.4 Å². The number of benzene rings is 1. The highest BCUT2D eigenvalue weighted by molar-refractivity contribution is 5.85. The molecule has 0 fully saturated rings. The van der Waals surface area contributed by atoms with Gasteiger partial charge in [-0.05, 0) is 12.1 Å². The Bertz CT molecular complexity index is 201. The largest absolute Gasteiger partial charge is 0.465 e. The highest BCUT2D eigenvalue weighted by Gasteiger charge is 1.99. The van der Waals surface area contributed by atoms with Crippen LogP contribution in [-0.2, 0) is 0 Å². The van der Waals surface area contributed by atoms with Crippen LogP contribution in [0.3, 0.4) is 0 Å². The van der Waals surface area contributed by atoms with Crippen LogP contribution in [0.25, 0.3) is 0 Å². The van der Waals surface area contributed by atoms with Gasteiger partial charge in [-0.15, -0.1) is 12.4 Å². The van der Waals surface area contributed by atoms with Gasteiger partial charge in [0.05, 0.1) is 0 Å². The maximum absolute atomic E-state index is 9.09. The summed E-state index contributed by atoms with van der Waals surface area (Å²) >= 11 is 0. The number of hydrogen-bond donors (Lipinski definition) is 1. The van der Waals surface area contributed by atoms with E-state index in [1.807, 2.05) is 37.3 Å². The van der Waals surface area contributed by atoms with Crippen molar-refractivity contribution >= 4 is 12.4 Å². The normalized spacial score (nSPS) is 11.5. The van der Waals surface area contributed by atoms with Crippen LogP contribution in [-0.4, -0.2) is 11.4 Å². The second kappa shape index (κ2) is 5.86. The third-order valence-corrected chi connectivity index (χ3v) is 1.36. The van der Waals surface area contributed by atoms with Gasteiger partial charge in [0, 0.05) is 6.42 Å². The zero-order valence-electron chi connectivity index (χ0n) is 6.93. The first-order chi connectivity index (χ1) is 5.33. The van der Waals surface area contributed by atoms with E-state index in [4.69, 9.17) is 9.84 Å². The van der Waals surface area contributed by atoms with E-state index in [0.717, 1.165) is 0 Å². The molecule has 0 aliphatic carbocycles. The predicted molar refractivity (Wildman–Crippen MR) is 50.6 cm³/mol. The molecule has 0 aliphatic rings. The molecule has 68 valence electrons. The lowest BCUT2D eigenvalue weighted by Gasteiger charge is -2.10.